The normalized spacial score (nSPS) is 16.9. The average molecular weight is 409 g/mol. The summed E-state index contributed by atoms with van der Waals surface area (Å²) in [6.07, 6.45) is -1.06. The van der Waals surface area contributed by atoms with Crippen molar-refractivity contribution in [1.82, 2.24) is 15.1 Å². The molecule has 1 saturated heterocycles. The molecule has 2 heterocycles. The van der Waals surface area contributed by atoms with Crippen molar-refractivity contribution >= 4 is 17.4 Å². The number of nitrogens with one attached hydrogen (secondary N) is 1. The second kappa shape index (κ2) is 9.08. The number of anilines is 2. The molecule has 0 spiro atoms. The van der Waals surface area contributed by atoms with Gasteiger partial charge in [-0.25, -0.2) is 0 Å². The number of halogens is 3. The predicted octanol–water partition coefficient (Wildman–Crippen LogP) is 2.91. The quantitative estimate of drug-likeness (QED) is 0.758. The van der Waals surface area contributed by atoms with E-state index >= 15 is 0 Å². The molecular weight excluding hydrogens is 387 g/mol. The molecule has 0 bridgehead atoms. The van der Waals surface area contributed by atoms with Gasteiger partial charge in [0.15, 0.2) is 5.82 Å². The Bertz CT molecular complexity index is 802. The number of carbonyl (C=O) groups is 1. The van der Waals surface area contributed by atoms with Gasteiger partial charge in [-0.1, -0.05) is 0 Å². The summed E-state index contributed by atoms with van der Waals surface area (Å²) >= 11 is 0. The van der Waals surface area contributed by atoms with Gasteiger partial charge in [-0.05, 0) is 56.3 Å². The lowest BCUT2D eigenvalue weighted by molar-refractivity contribution is -0.274. The first-order valence-corrected chi connectivity index (χ1v) is 9.19. The standard InChI is InChI=1S/C19H22F3N5O2/c1-26(12-15-4-3-11-27(15)17-5-2-10-23-25-17)13-18(28)24-14-6-8-16(9-7-14)29-19(20,21)22/h2,5-10,15H,3-4,11-13H2,1H3,(H,24,28). The van der Waals surface area contributed by atoms with Crippen molar-refractivity contribution in [3.05, 3.63) is 42.6 Å². The lowest BCUT2D eigenvalue weighted by Crippen LogP contribution is -2.42. The Labute approximate surface area is 166 Å². The number of benzene rings is 1. The topological polar surface area (TPSA) is 70.6 Å². The Morgan fingerprint density at radius 3 is 2.72 bits per heavy atom. The van der Waals surface area contributed by atoms with Gasteiger partial charge in [-0.2, -0.15) is 5.10 Å². The zero-order valence-electron chi connectivity index (χ0n) is 15.9. The van der Waals surface area contributed by atoms with Crippen LogP contribution in [0.1, 0.15) is 12.8 Å². The van der Waals surface area contributed by atoms with Gasteiger partial charge in [0, 0.05) is 31.0 Å². The Kier molecular flexibility index (Phi) is 6.53. The van der Waals surface area contributed by atoms with E-state index in [1.807, 2.05) is 24.1 Å². The van der Waals surface area contributed by atoms with Crippen LogP contribution >= 0.6 is 0 Å². The molecule has 1 amide bonds. The monoisotopic (exact) mass is 409 g/mol. The fraction of sp³-hybridized carbons (Fsp3) is 0.421. The third kappa shape index (κ3) is 6.31. The maximum absolute atomic E-state index is 12.3. The van der Waals surface area contributed by atoms with Crippen molar-refractivity contribution in [2.75, 3.05) is 36.9 Å². The highest BCUT2D eigenvalue weighted by molar-refractivity contribution is 5.92. The number of carbonyl (C=O) groups excluding carboxylic acids is 1. The summed E-state index contributed by atoms with van der Waals surface area (Å²) in [5.41, 5.74) is 0.403. The van der Waals surface area contributed by atoms with Gasteiger partial charge in [0.2, 0.25) is 5.91 Å². The highest BCUT2D eigenvalue weighted by atomic mass is 19.4. The Morgan fingerprint density at radius 2 is 2.07 bits per heavy atom. The maximum Gasteiger partial charge on any atom is 0.573 e. The van der Waals surface area contributed by atoms with Crippen LogP contribution in [0.25, 0.3) is 0 Å². The molecule has 1 aliphatic heterocycles. The van der Waals surface area contributed by atoms with Crippen LogP contribution in [-0.2, 0) is 4.79 Å². The Balaban J connectivity index is 1.49. The molecule has 29 heavy (non-hydrogen) atoms. The van der Waals surface area contributed by atoms with Crippen LogP contribution in [-0.4, -0.2) is 60.1 Å². The Hall–Kier alpha value is -2.88. The van der Waals surface area contributed by atoms with E-state index in [1.165, 1.54) is 12.1 Å². The summed E-state index contributed by atoms with van der Waals surface area (Å²) < 4.78 is 40.4. The van der Waals surface area contributed by atoms with Crippen molar-refractivity contribution < 1.29 is 22.7 Å². The molecule has 0 radical (unpaired) electrons. The molecule has 0 aliphatic carbocycles. The van der Waals surface area contributed by atoms with Gasteiger partial charge in [-0.3, -0.25) is 9.69 Å². The molecule has 1 unspecified atom stereocenters. The molecule has 1 aromatic carbocycles. The third-order valence-electron chi connectivity index (χ3n) is 4.54. The van der Waals surface area contributed by atoms with E-state index in [0.717, 1.165) is 37.3 Å². The molecule has 3 rings (SSSR count). The largest absolute Gasteiger partial charge is 0.573 e. The fourth-order valence-corrected chi connectivity index (χ4v) is 3.38. The summed E-state index contributed by atoms with van der Waals surface area (Å²) in [5, 5.41) is 10.8. The molecule has 1 aliphatic rings. The van der Waals surface area contributed by atoms with Crippen molar-refractivity contribution in [2.45, 2.75) is 25.2 Å². The van der Waals surface area contributed by atoms with Gasteiger partial charge in [0.25, 0.3) is 0 Å². The van der Waals surface area contributed by atoms with E-state index < -0.39 is 6.36 Å². The maximum atomic E-state index is 12.3. The molecule has 0 saturated carbocycles. The lowest BCUT2D eigenvalue weighted by atomic mass is 10.2. The van der Waals surface area contributed by atoms with E-state index in [2.05, 4.69) is 25.2 Å². The predicted molar refractivity (Wildman–Crippen MR) is 102 cm³/mol. The summed E-state index contributed by atoms with van der Waals surface area (Å²) in [6.45, 7) is 1.74. The molecule has 1 fully saturated rings. The molecule has 1 atom stereocenters. The van der Waals surface area contributed by atoms with Crippen LogP contribution in [0, 0.1) is 0 Å². The average Bonchev–Trinajstić information content (AvgIpc) is 3.10. The second-order valence-corrected chi connectivity index (χ2v) is 6.89. The third-order valence-corrected chi connectivity index (χ3v) is 4.54. The molecule has 1 N–H and O–H groups in total. The molecule has 10 heteroatoms. The molecular formula is C19H22F3N5O2. The fourth-order valence-electron chi connectivity index (χ4n) is 3.38. The minimum atomic E-state index is -4.74. The van der Waals surface area contributed by atoms with Crippen LogP contribution in [0.5, 0.6) is 5.75 Å². The number of hydrogen-bond acceptors (Lipinski definition) is 6. The molecule has 156 valence electrons. The number of amides is 1. The number of nitrogens with zero attached hydrogens (tertiary/aromatic N) is 4. The number of alkyl halides is 3. The van der Waals surface area contributed by atoms with E-state index in [0.29, 0.717) is 12.2 Å². The highest BCUT2D eigenvalue weighted by Gasteiger charge is 2.31. The van der Waals surface area contributed by atoms with Gasteiger partial charge in [0.1, 0.15) is 5.75 Å². The van der Waals surface area contributed by atoms with Gasteiger partial charge < -0.3 is 15.0 Å². The summed E-state index contributed by atoms with van der Waals surface area (Å²) in [5.74, 6) is 0.244. The van der Waals surface area contributed by atoms with Crippen LogP contribution in [0.4, 0.5) is 24.7 Å². The van der Waals surface area contributed by atoms with Crippen LogP contribution < -0.4 is 15.0 Å². The summed E-state index contributed by atoms with van der Waals surface area (Å²) in [7, 11) is 1.85. The van der Waals surface area contributed by atoms with Crippen LogP contribution in [0.2, 0.25) is 0 Å². The van der Waals surface area contributed by atoms with Crippen molar-refractivity contribution in [2.24, 2.45) is 0 Å². The minimum absolute atomic E-state index is 0.158. The minimum Gasteiger partial charge on any atom is -0.406 e. The first kappa shape index (κ1) is 20.8. The van der Waals surface area contributed by atoms with Crippen LogP contribution in [0.3, 0.4) is 0 Å². The Morgan fingerprint density at radius 1 is 1.31 bits per heavy atom. The van der Waals surface area contributed by atoms with Crippen molar-refractivity contribution in [3.63, 3.8) is 0 Å². The van der Waals surface area contributed by atoms with Crippen molar-refractivity contribution in [3.8, 4) is 5.75 Å². The number of aromatic nitrogens is 2. The number of likely N-dealkylation sites (N-methyl/N-ethyl adjacent to an activating group) is 1. The van der Waals surface area contributed by atoms with Gasteiger partial charge in [-0.15, -0.1) is 18.3 Å². The zero-order valence-corrected chi connectivity index (χ0v) is 15.9. The second-order valence-electron chi connectivity index (χ2n) is 6.89. The van der Waals surface area contributed by atoms with E-state index in [4.69, 9.17) is 0 Å². The molecule has 2 aromatic rings. The molecule has 7 nitrogen and oxygen atoms in total. The molecule has 1 aromatic heterocycles. The number of rotatable bonds is 7. The summed E-state index contributed by atoms with van der Waals surface area (Å²) in [6, 6.07) is 9.05. The van der Waals surface area contributed by atoms with Gasteiger partial charge in [0.05, 0.1) is 6.54 Å². The highest BCUT2D eigenvalue weighted by Crippen LogP contribution is 2.25. The van der Waals surface area contributed by atoms with E-state index in [9.17, 15) is 18.0 Å². The van der Waals surface area contributed by atoms with Crippen molar-refractivity contribution in [1.29, 1.82) is 0 Å². The van der Waals surface area contributed by atoms with E-state index in [-0.39, 0.29) is 24.2 Å². The number of ether oxygens (including phenoxy) is 1. The number of hydrogen-bond donors (Lipinski definition) is 1. The SMILES string of the molecule is CN(CC(=O)Nc1ccc(OC(F)(F)F)cc1)CC1CCCN1c1cccnn1. The smallest absolute Gasteiger partial charge is 0.406 e. The first-order valence-electron chi connectivity index (χ1n) is 9.19. The first-order chi connectivity index (χ1) is 13.8. The van der Waals surface area contributed by atoms with Crippen LogP contribution in [0.15, 0.2) is 42.6 Å². The lowest BCUT2D eigenvalue weighted by Gasteiger charge is -2.28. The van der Waals surface area contributed by atoms with Gasteiger partial charge >= 0.3 is 6.36 Å². The van der Waals surface area contributed by atoms with E-state index in [1.54, 1.807) is 6.20 Å². The zero-order chi connectivity index (χ0) is 20.9. The summed E-state index contributed by atoms with van der Waals surface area (Å²) in [4.78, 5) is 16.4.